The van der Waals surface area contributed by atoms with E-state index in [2.05, 4.69) is 11.4 Å². The van der Waals surface area contributed by atoms with Crippen LogP contribution < -0.4 is 5.32 Å². The van der Waals surface area contributed by atoms with Gasteiger partial charge in [0.15, 0.2) is 0 Å². The molecule has 1 aliphatic heterocycles. The van der Waals surface area contributed by atoms with Gasteiger partial charge in [-0.25, -0.2) is 0 Å². The highest BCUT2D eigenvalue weighted by Gasteiger charge is 2.39. The maximum atomic E-state index is 5.73. The maximum Gasteiger partial charge on any atom is 0.109 e. The lowest BCUT2D eigenvalue weighted by Crippen LogP contribution is -2.46. The third kappa shape index (κ3) is 2.41. The third-order valence-electron chi connectivity index (χ3n) is 3.93. The van der Waals surface area contributed by atoms with Crippen molar-refractivity contribution in [3.8, 4) is 0 Å². The summed E-state index contributed by atoms with van der Waals surface area (Å²) in [5.41, 5.74) is 0.106. The largest absolute Gasteiger partial charge is 0.497 e. The van der Waals surface area contributed by atoms with Crippen LogP contribution in [-0.4, -0.2) is 32.4 Å². The van der Waals surface area contributed by atoms with Crippen LogP contribution in [0.3, 0.4) is 0 Å². The van der Waals surface area contributed by atoms with Crippen molar-refractivity contribution >= 4 is 0 Å². The fourth-order valence-electron chi connectivity index (χ4n) is 2.60. The third-order valence-corrected chi connectivity index (χ3v) is 3.93. The molecule has 1 atom stereocenters. The van der Waals surface area contributed by atoms with Crippen LogP contribution in [0.4, 0.5) is 0 Å². The molecule has 0 amide bonds. The van der Waals surface area contributed by atoms with E-state index in [-0.39, 0.29) is 5.60 Å². The van der Waals surface area contributed by atoms with Crippen molar-refractivity contribution in [3.05, 3.63) is 11.8 Å². The molecule has 0 saturated heterocycles. The quantitative estimate of drug-likeness (QED) is 0.778. The Labute approximate surface area is 98.2 Å². The van der Waals surface area contributed by atoms with E-state index in [9.17, 15) is 0 Å². The van der Waals surface area contributed by atoms with Crippen LogP contribution >= 0.6 is 0 Å². The maximum absolute atomic E-state index is 5.73. The van der Waals surface area contributed by atoms with Gasteiger partial charge in [0.05, 0.1) is 18.2 Å². The topological polar surface area (TPSA) is 30.5 Å². The molecule has 1 saturated carbocycles. The van der Waals surface area contributed by atoms with Crippen molar-refractivity contribution in [2.45, 2.75) is 50.2 Å². The second-order valence-electron chi connectivity index (χ2n) is 4.88. The van der Waals surface area contributed by atoms with Crippen LogP contribution in [0.15, 0.2) is 11.8 Å². The number of rotatable bonds is 5. The molecule has 2 aliphatic rings. The molecule has 1 aliphatic carbocycles. The van der Waals surface area contributed by atoms with Gasteiger partial charge in [-0.2, -0.15) is 0 Å². The van der Waals surface area contributed by atoms with E-state index in [1.165, 1.54) is 19.3 Å². The molecule has 1 fully saturated rings. The van der Waals surface area contributed by atoms with Gasteiger partial charge in [0.2, 0.25) is 0 Å². The summed E-state index contributed by atoms with van der Waals surface area (Å²) >= 11 is 0. The Balaban J connectivity index is 1.96. The van der Waals surface area contributed by atoms with E-state index in [1.54, 1.807) is 0 Å². The SMILES string of the molecule is CNC(CC1(OC)CCC1)C1=CCCCO1. The van der Waals surface area contributed by atoms with Crippen LogP contribution in [0.1, 0.15) is 38.5 Å². The average Bonchev–Trinajstić information content (AvgIpc) is 2.30. The lowest BCUT2D eigenvalue weighted by Gasteiger charge is -2.43. The summed E-state index contributed by atoms with van der Waals surface area (Å²) in [5.74, 6) is 1.12. The first-order valence-corrected chi connectivity index (χ1v) is 6.35. The van der Waals surface area contributed by atoms with Gasteiger partial charge < -0.3 is 14.8 Å². The van der Waals surface area contributed by atoms with Gasteiger partial charge in [-0.05, 0) is 51.6 Å². The van der Waals surface area contributed by atoms with Gasteiger partial charge >= 0.3 is 0 Å². The lowest BCUT2D eigenvalue weighted by atomic mass is 9.75. The minimum atomic E-state index is 0.106. The Morgan fingerprint density at radius 1 is 1.50 bits per heavy atom. The Morgan fingerprint density at radius 3 is 2.75 bits per heavy atom. The molecule has 0 spiro atoms. The molecule has 0 aromatic heterocycles. The van der Waals surface area contributed by atoms with Crippen LogP contribution in [0, 0.1) is 0 Å². The molecule has 92 valence electrons. The summed E-state index contributed by atoms with van der Waals surface area (Å²) in [6, 6.07) is 0.320. The van der Waals surface area contributed by atoms with Crippen molar-refractivity contribution in [3.63, 3.8) is 0 Å². The summed E-state index contributed by atoms with van der Waals surface area (Å²) in [6.07, 6.45) is 9.23. The number of hydrogen-bond acceptors (Lipinski definition) is 3. The highest BCUT2D eigenvalue weighted by molar-refractivity contribution is 5.09. The van der Waals surface area contributed by atoms with Crippen LogP contribution in [0.5, 0.6) is 0 Å². The van der Waals surface area contributed by atoms with E-state index in [1.807, 2.05) is 14.2 Å². The number of hydrogen-bond donors (Lipinski definition) is 1. The average molecular weight is 225 g/mol. The molecule has 3 heteroatoms. The van der Waals surface area contributed by atoms with Crippen LogP contribution in [-0.2, 0) is 9.47 Å². The number of nitrogens with one attached hydrogen (secondary N) is 1. The summed E-state index contributed by atoms with van der Waals surface area (Å²) in [6.45, 7) is 0.865. The minimum absolute atomic E-state index is 0.106. The highest BCUT2D eigenvalue weighted by atomic mass is 16.5. The van der Waals surface area contributed by atoms with Crippen LogP contribution in [0.25, 0.3) is 0 Å². The van der Waals surface area contributed by atoms with Gasteiger partial charge in [-0.15, -0.1) is 0 Å². The van der Waals surface area contributed by atoms with Crippen molar-refractivity contribution in [2.24, 2.45) is 0 Å². The molecule has 1 N–H and O–H groups in total. The molecule has 0 aromatic carbocycles. The molecule has 2 rings (SSSR count). The minimum Gasteiger partial charge on any atom is -0.497 e. The predicted molar refractivity (Wildman–Crippen MR) is 64.3 cm³/mol. The monoisotopic (exact) mass is 225 g/mol. The highest BCUT2D eigenvalue weighted by Crippen LogP contribution is 2.40. The smallest absolute Gasteiger partial charge is 0.109 e. The summed E-state index contributed by atoms with van der Waals surface area (Å²) in [7, 11) is 3.84. The van der Waals surface area contributed by atoms with E-state index >= 15 is 0 Å². The second-order valence-corrected chi connectivity index (χ2v) is 4.88. The van der Waals surface area contributed by atoms with Gasteiger partial charge in [0.1, 0.15) is 5.76 Å². The molecule has 0 radical (unpaired) electrons. The van der Waals surface area contributed by atoms with Gasteiger partial charge in [-0.3, -0.25) is 0 Å². The molecule has 1 unspecified atom stereocenters. The Bertz CT molecular complexity index is 253. The standard InChI is InChI=1S/C13H23NO2/c1-14-11(12-6-3-4-9-16-12)10-13(15-2)7-5-8-13/h6,11,14H,3-5,7-10H2,1-2H3. The molecule has 16 heavy (non-hydrogen) atoms. The van der Waals surface area contributed by atoms with Gasteiger partial charge in [-0.1, -0.05) is 0 Å². The fourth-order valence-corrected chi connectivity index (χ4v) is 2.60. The molecule has 0 bridgehead atoms. The summed E-state index contributed by atoms with van der Waals surface area (Å²) in [5, 5.41) is 3.36. The zero-order valence-electron chi connectivity index (χ0n) is 10.4. The first-order valence-electron chi connectivity index (χ1n) is 6.35. The Morgan fingerprint density at radius 2 is 2.31 bits per heavy atom. The van der Waals surface area contributed by atoms with Crippen molar-refractivity contribution in [1.29, 1.82) is 0 Å². The summed E-state index contributed by atoms with van der Waals surface area (Å²) < 4.78 is 11.4. The van der Waals surface area contributed by atoms with Crippen molar-refractivity contribution < 1.29 is 9.47 Å². The Hall–Kier alpha value is -0.540. The zero-order chi connectivity index (χ0) is 11.4. The number of ether oxygens (including phenoxy) is 2. The van der Waals surface area contributed by atoms with Gasteiger partial charge in [0, 0.05) is 7.11 Å². The number of allylic oxidation sites excluding steroid dienone is 1. The first kappa shape index (κ1) is 11.9. The van der Waals surface area contributed by atoms with Gasteiger partial charge in [0.25, 0.3) is 0 Å². The fraction of sp³-hybridized carbons (Fsp3) is 0.846. The van der Waals surface area contributed by atoms with Crippen LogP contribution in [0.2, 0.25) is 0 Å². The zero-order valence-corrected chi connectivity index (χ0v) is 10.4. The van der Waals surface area contributed by atoms with E-state index in [0.717, 1.165) is 31.6 Å². The van der Waals surface area contributed by atoms with E-state index in [0.29, 0.717) is 6.04 Å². The van der Waals surface area contributed by atoms with E-state index in [4.69, 9.17) is 9.47 Å². The Kier molecular flexibility index (Phi) is 3.87. The van der Waals surface area contributed by atoms with Crippen molar-refractivity contribution in [2.75, 3.05) is 20.8 Å². The molecule has 3 nitrogen and oxygen atoms in total. The molecule has 1 heterocycles. The summed E-state index contributed by atoms with van der Waals surface area (Å²) in [4.78, 5) is 0. The second kappa shape index (κ2) is 5.19. The molecular formula is C13H23NO2. The normalized spacial score (nSPS) is 25.2. The predicted octanol–water partition coefficient (Wildman–Crippen LogP) is 2.23. The number of likely N-dealkylation sites (N-methyl/N-ethyl adjacent to an activating group) is 1. The van der Waals surface area contributed by atoms with E-state index < -0.39 is 0 Å². The molecular weight excluding hydrogens is 202 g/mol. The lowest BCUT2D eigenvalue weighted by molar-refractivity contribution is -0.0839. The number of methoxy groups -OCH3 is 1. The first-order chi connectivity index (χ1) is 7.79. The van der Waals surface area contributed by atoms with Crippen molar-refractivity contribution in [1.82, 2.24) is 5.32 Å². The molecule has 0 aromatic rings.